The second kappa shape index (κ2) is 7.53. The largest absolute Gasteiger partial charge is 0.497 e. The van der Waals surface area contributed by atoms with Gasteiger partial charge in [-0.05, 0) is 43.5 Å². The molecule has 2 heterocycles. The molecule has 0 spiro atoms. The van der Waals surface area contributed by atoms with Crippen molar-refractivity contribution in [2.45, 2.75) is 26.3 Å². The number of methoxy groups -OCH3 is 1. The van der Waals surface area contributed by atoms with Crippen molar-refractivity contribution in [1.82, 2.24) is 10.1 Å². The number of nitrogens with zero attached hydrogens (tertiary/aromatic N) is 2. The Kier molecular flexibility index (Phi) is 5.19. The summed E-state index contributed by atoms with van der Waals surface area (Å²) in [6.07, 6.45) is 3.10. The molecule has 132 valence electrons. The highest BCUT2D eigenvalue weighted by molar-refractivity contribution is 5.93. The van der Waals surface area contributed by atoms with E-state index in [2.05, 4.69) is 33.6 Å². The molecule has 0 radical (unpaired) electrons. The Morgan fingerprint density at radius 2 is 2.12 bits per heavy atom. The lowest BCUT2D eigenvalue weighted by Crippen LogP contribution is -2.44. The fourth-order valence-corrected chi connectivity index (χ4v) is 2.93. The molecule has 1 aromatic heterocycles. The van der Waals surface area contributed by atoms with Crippen molar-refractivity contribution in [2.75, 3.05) is 25.5 Å². The Bertz CT molecular complexity index is 764. The van der Waals surface area contributed by atoms with Crippen LogP contribution in [0.15, 0.2) is 40.9 Å². The van der Waals surface area contributed by atoms with Crippen LogP contribution in [0.2, 0.25) is 0 Å². The van der Waals surface area contributed by atoms with Crippen molar-refractivity contribution >= 4 is 17.3 Å². The molecule has 1 amide bonds. The summed E-state index contributed by atoms with van der Waals surface area (Å²) in [5, 5.41) is 6.60. The number of hydrogen-bond acceptors (Lipinski definition) is 5. The first kappa shape index (κ1) is 17.2. The van der Waals surface area contributed by atoms with E-state index >= 15 is 0 Å². The minimum absolute atomic E-state index is 0.0744. The van der Waals surface area contributed by atoms with E-state index in [1.54, 1.807) is 20.1 Å². The van der Waals surface area contributed by atoms with Crippen molar-refractivity contribution in [3.8, 4) is 5.75 Å². The van der Waals surface area contributed by atoms with Crippen LogP contribution in [-0.2, 0) is 4.79 Å². The third-order valence-corrected chi connectivity index (χ3v) is 4.51. The maximum Gasteiger partial charge on any atom is 0.242 e. The molecule has 1 aliphatic rings. The van der Waals surface area contributed by atoms with E-state index in [1.807, 2.05) is 19.1 Å². The number of benzene rings is 1. The van der Waals surface area contributed by atoms with Crippen LogP contribution in [0.3, 0.4) is 0 Å². The summed E-state index contributed by atoms with van der Waals surface area (Å²) in [6, 6.07) is 9.57. The van der Waals surface area contributed by atoms with Crippen molar-refractivity contribution in [1.29, 1.82) is 0 Å². The van der Waals surface area contributed by atoms with Gasteiger partial charge >= 0.3 is 0 Å². The zero-order valence-electron chi connectivity index (χ0n) is 14.8. The highest BCUT2D eigenvalue weighted by Gasteiger charge is 2.24. The Morgan fingerprint density at radius 3 is 2.68 bits per heavy atom. The van der Waals surface area contributed by atoms with Gasteiger partial charge in [-0.15, -0.1) is 0 Å². The van der Waals surface area contributed by atoms with Crippen molar-refractivity contribution in [2.24, 2.45) is 0 Å². The van der Waals surface area contributed by atoms with E-state index in [9.17, 15) is 4.79 Å². The first-order valence-corrected chi connectivity index (χ1v) is 8.38. The van der Waals surface area contributed by atoms with E-state index in [0.29, 0.717) is 11.6 Å². The lowest BCUT2D eigenvalue weighted by molar-refractivity contribution is -0.120. The van der Waals surface area contributed by atoms with Crippen LogP contribution in [0.25, 0.3) is 5.57 Å². The van der Waals surface area contributed by atoms with Gasteiger partial charge in [0.25, 0.3) is 0 Å². The fraction of sp³-hybridized carbons (Fsp3) is 0.368. The number of carbonyl (C=O) groups excluding carboxylic acids is 1. The number of amides is 1. The quantitative estimate of drug-likeness (QED) is 0.905. The van der Waals surface area contributed by atoms with Crippen LogP contribution in [0.5, 0.6) is 5.75 Å². The molecule has 0 aliphatic carbocycles. The number of ether oxygens (including phenoxy) is 1. The van der Waals surface area contributed by atoms with Gasteiger partial charge in [-0.3, -0.25) is 9.69 Å². The van der Waals surface area contributed by atoms with Crippen LogP contribution >= 0.6 is 0 Å². The van der Waals surface area contributed by atoms with Gasteiger partial charge in [0, 0.05) is 19.2 Å². The molecule has 1 unspecified atom stereocenters. The second-order valence-corrected chi connectivity index (χ2v) is 6.19. The molecule has 1 atom stereocenters. The number of carbonyl (C=O) groups is 1. The summed E-state index contributed by atoms with van der Waals surface area (Å²) < 4.78 is 10.2. The van der Waals surface area contributed by atoms with Gasteiger partial charge < -0.3 is 14.6 Å². The van der Waals surface area contributed by atoms with Gasteiger partial charge in [0.15, 0.2) is 5.82 Å². The highest BCUT2D eigenvalue weighted by Crippen LogP contribution is 2.25. The summed E-state index contributed by atoms with van der Waals surface area (Å²) >= 11 is 0. The molecule has 6 heteroatoms. The molecule has 1 N–H and O–H groups in total. The molecule has 0 bridgehead atoms. The number of aromatic nitrogens is 1. The van der Waals surface area contributed by atoms with Crippen LogP contribution in [0.4, 0.5) is 5.82 Å². The average molecular weight is 341 g/mol. The van der Waals surface area contributed by atoms with Crippen LogP contribution in [0.1, 0.15) is 24.7 Å². The summed E-state index contributed by atoms with van der Waals surface area (Å²) in [4.78, 5) is 14.5. The minimum atomic E-state index is -0.231. The first-order valence-electron chi connectivity index (χ1n) is 8.38. The maximum absolute atomic E-state index is 12.4. The molecule has 25 heavy (non-hydrogen) atoms. The summed E-state index contributed by atoms with van der Waals surface area (Å²) in [7, 11) is 1.67. The highest BCUT2D eigenvalue weighted by atomic mass is 16.5. The SMILES string of the molecule is COc1ccc(C2=CCN(C(C)C(=O)Nc3cc(C)on3)CC2)cc1. The first-order chi connectivity index (χ1) is 12.1. The zero-order valence-corrected chi connectivity index (χ0v) is 14.8. The smallest absolute Gasteiger partial charge is 0.242 e. The fourth-order valence-electron chi connectivity index (χ4n) is 2.93. The molecular formula is C19H23N3O3. The van der Waals surface area contributed by atoms with E-state index < -0.39 is 0 Å². The van der Waals surface area contributed by atoms with Crippen LogP contribution in [0, 0.1) is 6.92 Å². The molecular weight excluding hydrogens is 318 g/mol. The average Bonchev–Trinajstić information content (AvgIpc) is 3.06. The number of rotatable bonds is 5. The third-order valence-electron chi connectivity index (χ3n) is 4.51. The molecule has 1 aliphatic heterocycles. The third kappa shape index (κ3) is 4.09. The molecule has 0 saturated heterocycles. The van der Waals surface area contributed by atoms with Crippen LogP contribution in [-0.4, -0.2) is 42.2 Å². The summed E-state index contributed by atoms with van der Waals surface area (Å²) in [5.41, 5.74) is 2.51. The summed E-state index contributed by atoms with van der Waals surface area (Å²) in [6.45, 7) is 5.29. The molecule has 6 nitrogen and oxygen atoms in total. The standard InChI is InChI=1S/C19H23N3O3/c1-13-12-18(21-25-13)20-19(23)14(2)22-10-8-16(9-11-22)15-4-6-17(24-3)7-5-15/h4-8,12,14H,9-11H2,1-3H3,(H,20,21,23). The maximum atomic E-state index is 12.4. The van der Waals surface area contributed by atoms with Gasteiger partial charge in [0.1, 0.15) is 11.5 Å². The van der Waals surface area contributed by atoms with Gasteiger partial charge in [-0.2, -0.15) is 0 Å². The van der Waals surface area contributed by atoms with E-state index in [-0.39, 0.29) is 11.9 Å². The number of hydrogen-bond donors (Lipinski definition) is 1. The molecule has 1 aromatic carbocycles. The van der Waals surface area contributed by atoms with E-state index in [4.69, 9.17) is 9.26 Å². The van der Waals surface area contributed by atoms with Gasteiger partial charge in [0.05, 0.1) is 13.2 Å². The lowest BCUT2D eigenvalue weighted by atomic mass is 9.98. The van der Waals surface area contributed by atoms with Gasteiger partial charge in [-0.25, -0.2) is 0 Å². The van der Waals surface area contributed by atoms with Gasteiger partial charge in [-0.1, -0.05) is 23.4 Å². The molecule has 0 saturated carbocycles. The predicted octanol–water partition coefficient (Wildman–Crippen LogP) is 3.11. The van der Waals surface area contributed by atoms with Crippen LogP contribution < -0.4 is 10.1 Å². The Hall–Kier alpha value is -2.60. The zero-order chi connectivity index (χ0) is 17.8. The number of anilines is 1. The molecule has 3 rings (SSSR count). The number of aryl methyl sites for hydroxylation is 1. The molecule has 0 fully saturated rings. The van der Waals surface area contributed by atoms with E-state index in [1.165, 1.54) is 11.1 Å². The summed E-state index contributed by atoms with van der Waals surface area (Å²) in [5.74, 6) is 1.92. The minimum Gasteiger partial charge on any atom is -0.497 e. The Balaban J connectivity index is 1.59. The Labute approximate surface area is 147 Å². The van der Waals surface area contributed by atoms with Gasteiger partial charge in [0.2, 0.25) is 5.91 Å². The van der Waals surface area contributed by atoms with Crippen molar-refractivity contribution in [3.05, 3.63) is 47.7 Å². The van der Waals surface area contributed by atoms with Crippen molar-refractivity contribution < 1.29 is 14.1 Å². The predicted molar refractivity (Wildman–Crippen MR) is 96.5 cm³/mol. The normalized spacial score (nSPS) is 16.2. The van der Waals surface area contributed by atoms with E-state index in [0.717, 1.165) is 25.3 Å². The lowest BCUT2D eigenvalue weighted by Gasteiger charge is -2.30. The monoisotopic (exact) mass is 341 g/mol. The topological polar surface area (TPSA) is 67.6 Å². The molecule has 2 aromatic rings. The number of nitrogens with one attached hydrogen (secondary N) is 1. The van der Waals surface area contributed by atoms with Crippen molar-refractivity contribution in [3.63, 3.8) is 0 Å². The second-order valence-electron chi connectivity index (χ2n) is 6.19. The Morgan fingerprint density at radius 1 is 1.36 bits per heavy atom.